The maximum Gasteiger partial charge on any atom is 0.407 e. The van der Waals surface area contributed by atoms with E-state index < -0.39 is 11.7 Å². The molecule has 3 amide bonds. The molecule has 0 spiro atoms. The highest BCUT2D eigenvalue weighted by Crippen LogP contribution is 2.10. The Hall–Kier alpha value is -2.83. The molecule has 0 fully saturated rings. The van der Waals surface area contributed by atoms with Gasteiger partial charge in [-0.15, -0.1) is 0 Å². The molecule has 1 aromatic carbocycles. The van der Waals surface area contributed by atoms with Gasteiger partial charge >= 0.3 is 6.09 Å². The summed E-state index contributed by atoms with van der Waals surface area (Å²) in [4.78, 5) is 34.9. The van der Waals surface area contributed by atoms with E-state index in [9.17, 15) is 14.4 Å². The highest BCUT2D eigenvalue weighted by molar-refractivity contribution is 5.91. The molecule has 0 aliphatic heterocycles. The Bertz CT molecular complexity index is 661. The molecule has 0 aliphatic carbocycles. The Labute approximate surface area is 160 Å². The van der Waals surface area contributed by atoms with E-state index in [0.29, 0.717) is 12.2 Å². The van der Waals surface area contributed by atoms with Gasteiger partial charge in [0, 0.05) is 25.2 Å². The molecular weight excluding hydrogens is 346 g/mol. The van der Waals surface area contributed by atoms with Crippen molar-refractivity contribution in [1.82, 2.24) is 10.6 Å². The average Bonchev–Trinajstić information content (AvgIpc) is 2.57. The van der Waals surface area contributed by atoms with Crippen molar-refractivity contribution < 1.29 is 19.1 Å². The molecule has 0 unspecified atom stereocenters. The zero-order valence-electron chi connectivity index (χ0n) is 16.4. The standard InChI is InChI=1S/C20H29N3O4/c1-5-6-7-17(24)22-14-15-8-10-16(11-9-15)23-18(25)12-13-21-19(26)27-20(2,3)4/h6-11H,5,12-14H2,1-4H3,(H,21,26)(H,22,24)(H,23,25)/b7-6+. The lowest BCUT2D eigenvalue weighted by atomic mass is 10.2. The van der Waals surface area contributed by atoms with Crippen molar-refractivity contribution in [3.63, 3.8) is 0 Å². The Morgan fingerprint density at radius 2 is 1.74 bits per heavy atom. The van der Waals surface area contributed by atoms with Crippen LogP contribution in [0.15, 0.2) is 36.4 Å². The number of alkyl carbamates (subject to hydrolysis) is 1. The number of rotatable bonds is 8. The van der Waals surface area contributed by atoms with Crippen molar-refractivity contribution in [2.45, 2.75) is 52.7 Å². The number of carbonyl (C=O) groups excluding carboxylic acids is 3. The van der Waals surface area contributed by atoms with Crippen molar-refractivity contribution >= 4 is 23.6 Å². The van der Waals surface area contributed by atoms with Gasteiger partial charge in [-0.25, -0.2) is 4.79 Å². The van der Waals surface area contributed by atoms with E-state index in [1.807, 2.05) is 19.1 Å². The minimum atomic E-state index is -0.570. The summed E-state index contributed by atoms with van der Waals surface area (Å²) in [5.74, 6) is -0.344. The molecule has 27 heavy (non-hydrogen) atoms. The molecule has 0 saturated heterocycles. The molecule has 0 saturated carbocycles. The maximum atomic E-state index is 11.9. The fourth-order valence-corrected chi connectivity index (χ4v) is 1.99. The molecule has 3 N–H and O–H groups in total. The van der Waals surface area contributed by atoms with Crippen LogP contribution in [0, 0.1) is 0 Å². The highest BCUT2D eigenvalue weighted by Gasteiger charge is 2.15. The molecule has 7 nitrogen and oxygen atoms in total. The van der Waals surface area contributed by atoms with E-state index in [1.54, 1.807) is 39.0 Å². The van der Waals surface area contributed by atoms with Crippen molar-refractivity contribution in [3.8, 4) is 0 Å². The van der Waals surface area contributed by atoms with Gasteiger partial charge in [0.2, 0.25) is 11.8 Å². The molecule has 0 heterocycles. The molecule has 0 radical (unpaired) electrons. The number of hydrogen-bond donors (Lipinski definition) is 3. The lowest BCUT2D eigenvalue weighted by Gasteiger charge is -2.19. The van der Waals surface area contributed by atoms with Gasteiger partial charge in [0.1, 0.15) is 5.60 Å². The van der Waals surface area contributed by atoms with E-state index in [1.165, 1.54) is 6.08 Å². The minimum Gasteiger partial charge on any atom is -0.444 e. The molecular formula is C20H29N3O4. The van der Waals surface area contributed by atoms with E-state index in [-0.39, 0.29) is 24.8 Å². The summed E-state index contributed by atoms with van der Waals surface area (Å²) in [7, 11) is 0. The van der Waals surface area contributed by atoms with Crippen LogP contribution in [-0.4, -0.2) is 30.1 Å². The molecule has 1 rings (SSSR count). The van der Waals surface area contributed by atoms with Crippen molar-refractivity contribution in [3.05, 3.63) is 42.0 Å². The topological polar surface area (TPSA) is 96.5 Å². The first-order valence-corrected chi connectivity index (χ1v) is 8.99. The predicted molar refractivity (Wildman–Crippen MR) is 105 cm³/mol. The van der Waals surface area contributed by atoms with Crippen LogP contribution < -0.4 is 16.0 Å². The third-order valence-corrected chi connectivity index (χ3v) is 3.23. The number of nitrogens with one attached hydrogen (secondary N) is 3. The number of allylic oxidation sites excluding steroid dienone is 1. The van der Waals surface area contributed by atoms with Crippen LogP contribution in [0.5, 0.6) is 0 Å². The first kappa shape index (κ1) is 22.2. The summed E-state index contributed by atoms with van der Waals surface area (Å²) in [5, 5.41) is 8.08. The van der Waals surface area contributed by atoms with Crippen molar-refractivity contribution in [2.24, 2.45) is 0 Å². The number of ether oxygens (including phenoxy) is 1. The third kappa shape index (κ3) is 10.7. The van der Waals surface area contributed by atoms with Gasteiger partial charge in [0.25, 0.3) is 0 Å². The SMILES string of the molecule is CC/C=C/C(=O)NCc1ccc(NC(=O)CCNC(=O)OC(C)(C)C)cc1. The summed E-state index contributed by atoms with van der Waals surface area (Å²) in [6, 6.07) is 7.20. The van der Waals surface area contributed by atoms with Crippen LogP contribution in [0.3, 0.4) is 0 Å². The molecule has 1 aromatic rings. The van der Waals surface area contributed by atoms with Crippen LogP contribution in [0.25, 0.3) is 0 Å². The molecule has 148 valence electrons. The van der Waals surface area contributed by atoms with Gasteiger partial charge in [0.15, 0.2) is 0 Å². The fraction of sp³-hybridized carbons (Fsp3) is 0.450. The smallest absolute Gasteiger partial charge is 0.407 e. The van der Waals surface area contributed by atoms with Gasteiger partial charge in [-0.05, 0) is 51.0 Å². The summed E-state index contributed by atoms with van der Waals surface area (Å²) in [5.41, 5.74) is 1.01. The van der Waals surface area contributed by atoms with Crippen molar-refractivity contribution in [1.29, 1.82) is 0 Å². The number of amides is 3. The predicted octanol–water partition coefficient (Wildman–Crippen LogP) is 3.12. The van der Waals surface area contributed by atoms with E-state index in [2.05, 4.69) is 16.0 Å². The van der Waals surface area contributed by atoms with Gasteiger partial charge in [0.05, 0.1) is 0 Å². The first-order chi connectivity index (χ1) is 12.7. The van der Waals surface area contributed by atoms with Gasteiger partial charge in [-0.3, -0.25) is 9.59 Å². The lowest BCUT2D eigenvalue weighted by molar-refractivity contribution is -0.117. The Morgan fingerprint density at radius 3 is 2.33 bits per heavy atom. The molecule has 0 aromatic heterocycles. The zero-order valence-corrected chi connectivity index (χ0v) is 16.4. The van der Waals surface area contributed by atoms with Crippen LogP contribution in [0.4, 0.5) is 10.5 Å². The maximum absolute atomic E-state index is 11.9. The summed E-state index contributed by atoms with van der Waals surface area (Å²) < 4.78 is 5.10. The minimum absolute atomic E-state index is 0.133. The highest BCUT2D eigenvalue weighted by atomic mass is 16.6. The molecule has 7 heteroatoms. The number of anilines is 1. The molecule has 0 bridgehead atoms. The Kier molecular flexibility index (Phi) is 9.05. The first-order valence-electron chi connectivity index (χ1n) is 8.99. The monoisotopic (exact) mass is 375 g/mol. The van der Waals surface area contributed by atoms with Crippen molar-refractivity contribution in [2.75, 3.05) is 11.9 Å². The summed E-state index contributed by atoms with van der Waals surface area (Å²) >= 11 is 0. The van der Waals surface area contributed by atoms with Crippen LogP contribution >= 0.6 is 0 Å². The normalized spacial score (nSPS) is 11.1. The van der Waals surface area contributed by atoms with Crippen LogP contribution in [-0.2, 0) is 20.9 Å². The van der Waals surface area contributed by atoms with Crippen LogP contribution in [0.1, 0.15) is 46.1 Å². The second-order valence-electron chi connectivity index (χ2n) is 6.95. The number of benzene rings is 1. The molecule has 0 atom stereocenters. The second-order valence-corrected chi connectivity index (χ2v) is 6.95. The quantitative estimate of drug-likeness (QED) is 0.608. The van der Waals surface area contributed by atoms with Gasteiger partial charge < -0.3 is 20.7 Å². The average molecular weight is 375 g/mol. The Balaban J connectivity index is 2.33. The van der Waals surface area contributed by atoms with E-state index in [4.69, 9.17) is 4.74 Å². The fourth-order valence-electron chi connectivity index (χ4n) is 1.99. The summed E-state index contributed by atoms with van der Waals surface area (Å²) in [6.07, 6.45) is 3.72. The summed E-state index contributed by atoms with van der Waals surface area (Å²) in [6.45, 7) is 7.89. The van der Waals surface area contributed by atoms with Gasteiger partial charge in [-0.1, -0.05) is 25.1 Å². The number of hydrogen-bond acceptors (Lipinski definition) is 4. The molecule has 0 aliphatic rings. The lowest BCUT2D eigenvalue weighted by Crippen LogP contribution is -2.34. The van der Waals surface area contributed by atoms with E-state index in [0.717, 1.165) is 12.0 Å². The van der Waals surface area contributed by atoms with E-state index >= 15 is 0 Å². The van der Waals surface area contributed by atoms with Gasteiger partial charge in [-0.2, -0.15) is 0 Å². The third-order valence-electron chi connectivity index (χ3n) is 3.23. The zero-order chi connectivity index (χ0) is 20.3. The Morgan fingerprint density at radius 1 is 1.07 bits per heavy atom. The number of carbonyl (C=O) groups is 3. The second kappa shape index (κ2) is 11.0. The largest absolute Gasteiger partial charge is 0.444 e. The van der Waals surface area contributed by atoms with Crippen LogP contribution in [0.2, 0.25) is 0 Å².